The molecule has 5 nitrogen and oxygen atoms in total. The Balaban J connectivity index is 1.23. The third-order valence-corrected chi connectivity index (χ3v) is 5.85. The number of hydroxylamine groups is 1. The molecule has 1 aliphatic heterocycles. The van der Waals surface area contributed by atoms with E-state index >= 15 is 0 Å². The van der Waals surface area contributed by atoms with E-state index in [9.17, 15) is 10.0 Å². The molecule has 1 heterocycles. The van der Waals surface area contributed by atoms with E-state index in [1.165, 1.54) is 5.06 Å². The van der Waals surface area contributed by atoms with Crippen LogP contribution >= 0.6 is 0 Å². The Morgan fingerprint density at radius 1 is 1.04 bits per heavy atom. The van der Waals surface area contributed by atoms with E-state index in [4.69, 9.17) is 0 Å². The fourth-order valence-electron chi connectivity index (χ4n) is 4.27. The van der Waals surface area contributed by atoms with Crippen molar-refractivity contribution >= 4 is 17.3 Å². The minimum atomic E-state index is -0.0733. The first-order chi connectivity index (χ1) is 13.2. The molecular weight excluding hydrogens is 338 g/mol. The number of fused-ring (bicyclic) bond motifs is 1. The Labute approximate surface area is 160 Å². The highest BCUT2D eigenvalue weighted by molar-refractivity contribution is 5.78. The third-order valence-electron chi connectivity index (χ3n) is 5.85. The molecule has 4 rings (SSSR count). The zero-order valence-corrected chi connectivity index (χ0v) is 15.5. The van der Waals surface area contributed by atoms with Gasteiger partial charge in [-0.1, -0.05) is 42.5 Å². The van der Waals surface area contributed by atoms with Crippen LogP contribution in [0.4, 0.5) is 11.4 Å². The number of carbonyl (C=O) groups is 1. The first-order valence-electron chi connectivity index (χ1n) is 9.86. The number of nitrogens with zero attached hydrogens (tertiary/aromatic N) is 1. The van der Waals surface area contributed by atoms with E-state index in [0.717, 1.165) is 49.0 Å². The summed E-state index contributed by atoms with van der Waals surface area (Å²) in [5.74, 6) is 0.820. The second-order valence-corrected chi connectivity index (χ2v) is 7.68. The Hall–Kier alpha value is -2.53. The number of carbonyl (C=O) groups excluding carboxylic acids is 1. The fraction of sp³-hybridized carbons (Fsp3) is 0.409. The van der Waals surface area contributed by atoms with E-state index in [0.29, 0.717) is 12.5 Å². The molecular formula is C22H27N3O2. The van der Waals surface area contributed by atoms with Gasteiger partial charge in [-0.15, -0.1) is 0 Å². The molecule has 0 bridgehead atoms. The van der Waals surface area contributed by atoms with Crippen molar-refractivity contribution in [2.75, 3.05) is 10.4 Å². The molecule has 1 amide bonds. The molecule has 0 radical (unpaired) electrons. The van der Waals surface area contributed by atoms with E-state index < -0.39 is 0 Å². The van der Waals surface area contributed by atoms with Crippen molar-refractivity contribution in [2.24, 2.45) is 11.8 Å². The molecule has 27 heavy (non-hydrogen) atoms. The standard InChI is InChI=1S/C22H27N3O2/c26-22(23-15-17-6-2-1-3-7-17)18-12-10-16(11-13-18)14-21-24-19-8-4-5-9-20(19)25(21)27/h1-9,16,18,21,24,27H,10-15H2,(H,23,26)/t16-,18-,21?. The van der Waals surface area contributed by atoms with Gasteiger partial charge in [-0.25, -0.2) is 5.06 Å². The van der Waals surface area contributed by atoms with Crippen LogP contribution in [0.3, 0.4) is 0 Å². The average Bonchev–Trinajstić information content (AvgIpc) is 3.03. The number of para-hydroxylation sites is 2. The Morgan fingerprint density at radius 3 is 2.48 bits per heavy atom. The molecule has 1 aliphatic carbocycles. The summed E-state index contributed by atoms with van der Waals surface area (Å²) in [5, 5.41) is 18.2. The third kappa shape index (κ3) is 4.08. The van der Waals surface area contributed by atoms with Crippen molar-refractivity contribution < 1.29 is 10.0 Å². The summed E-state index contributed by atoms with van der Waals surface area (Å²) in [6, 6.07) is 17.9. The van der Waals surface area contributed by atoms with Crippen molar-refractivity contribution in [1.29, 1.82) is 0 Å². The smallest absolute Gasteiger partial charge is 0.223 e. The first-order valence-corrected chi connectivity index (χ1v) is 9.86. The van der Waals surface area contributed by atoms with Crippen LogP contribution in [0.25, 0.3) is 0 Å². The lowest BCUT2D eigenvalue weighted by Crippen LogP contribution is -2.37. The van der Waals surface area contributed by atoms with Gasteiger partial charge in [0.1, 0.15) is 6.17 Å². The summed E-state index contributed by atoms with van der Waals surface area (Å²) < 4.78 is 0. The van der Waals surface area contributed by atoms with Gasteiger partial charge in [-0.05, 0) is 55.7 Å². The summed E-state index contributed by atoms with van der Waals surface area (Å²) in [5.41, 5.74) is 2.96. The molecule has 142 valence electrons. The van der Waals surface area contributed by atoms with Crippen molar-refractivity contribution in [3.8, 4) is 0 Å². The van der Waals surface area contributed by atoms with Crippen LogP contribution in [0.15, 0.2) is 54.6 Å². The minimum Gasteiger partial charge on any atom is -0.362 e. The normalized spacial score (nSPS) is 24.2. The number of rotatable bonds is 5. The molecule has 2 aromatic rings. The molecule has 0 saturated heterocycles. The second kappa shape index (κ2) is 8.01. The molecule has 2 aliphatic rings. The maximum absolute atomic E-state index is 12.5. The van der Waals surface area contributed by atoms with Crippen molar-refractivity contribution in [3.63, 3.8) is 0 Å². The number of benzene rings is 2. The van der Waals surface area contributed by atoms with Crippen LogP contribution in [0.2, 0.25) is 0 Å². The number of hydrogen-bond acceptors (Lipinski definition) is 4. The molecule has 1 saturated carbocycles. The lowest BCUT2D eigenvalue weighted by atomic mass is 9.79. The van der Waals surface area contributed by atoms with Gasteiger partial charge in [0.25, 0.3) is 0 Å². The zero-order valence-electron chi connectivity index (χ0n) is 15.5. The van der Waals surface area contributed by atoms with Crippen molar-refractivity contribution in [1.82, 2.24) is 5.32 Å². The van der Waals surface area contributed by atoms with Crippen LogP contribution in [0, 0.1) is 11.8 Å². The predicted molar refractivity (Wildman–Crippen MR) is 106 cm³/mol. The molecule has 5 heteroatoms. The molecule has 3 N–H and O–H groups in total. The summed E-state index contributed by atoms with van der Waals surface area (Å²) in [4.78, 5) is 12.5. The van der Waals surface area contributed by atoms with Gasteiger partial charge in [0.2, 0.25) is 5.91 Å². The van der Waals surface area contributed by atoms with Crippen LogP contribution < -0.4 is 15.7 Å². The van der Waals surface area contributed by atoms with Gasteiger partial charge in [0.05, 0.1) is 11.4 Å². The van der Waals surface area contributed by atoms with Crippen LogP contribution in [0.5, 0.6) is 0 Å². The van der Waals surface area contributed by atoms with E-state index in [1.54, 1.807) is 0 Å². The van der Waals surface area contributed by atoms with Crippen LogP contribution in [-0.4, -0.2) is 17.3 Å². The van der Waals surface area contributed by atoms with Gasteiger partial charge in [-0.2, -0.15) is 0 Å². The van der Waals surface area contributed by atoms with Gasteiger partial charge in [0, 0.05) is 12.5 Å². The Kier molecular flexibility index (Phi) is 5.30. The highest BCUT2D eigenvalue weighted by Crippen LogP contribution is 2.38. The van der Waals surface area contributed by atoms with E-state index in [2.05, 4.69) is 10.6 Å². The van der Waals surface area contributed by atoms with Crippen LogP contribution in [-0.2, 0) is 11.3 Å². The van der Waals surface area contributed by atoms with E-state index in [-0.39, 0.29) is 18.0 Å². The summed E-state index contributed by atoms with van der Waals surface area (Å²) in [6.45, 7) is 0.601. The molecule has 1 unspecified atom stereocenters. The molecule has 0 spiro atoms. The highest BCUT2D eigenvalue weighted by atomic mass is 16.5. The highest BCUT2D eigenvalue weighted by Gasteiger charge is 2.32. The van der Waals surface area contributed by atoms with Gasteiger partial charge in [0.15, 0.2) is 0 Å². The predicted octanol–water partition coefficient (Wildman–Crippen LogP) is 4.15. The minimum absolute atomic E-state index is 0.0733. The topological polar surface area (TPSA) is 64.6 Å². The van der Waals surface area contributed by atoms with Gasteiger partial charge < -0.3 is 10.6 Å². The zero-order chi connectivity index (χ0) is 18.6. The van der Waals surface area contributed by atoms with Gasteiger partial charge in [-0.3, -0.25) is 10.0 Å². The molecule has 1 atom stereocenters. The SMILES string of the molecule is O=C(NCc1ccccc1)[C@H]1CC[C@H](CC2Nc3ccccc3N2O)CC1. The quantitative estimate of drug-likeness (QED) is 0.745. The average molecular weight is 365 g/mol. The summed E-state index contributed by atoms with van der Waals surface area (Å²) in [6.07, 6.45) is 4.74. The van der Waals surface area contributed by atoms with Crippen LogP contribution in [0.1, 0.15) is 37.7 Å². The first kappa shape index (κ1) is 17.9. The summed E-state index contributed by atoms with van der Waals surface area (Å²) >= 11 is 0. The largest absolute Gasteiger partial charge is 0.362 e. The van der Waals surface area contributed by atoms with E-state index in [1.807, 2.05) is 54.6 Å². The number of hydrogen-bond donors (Lipinski definition) is 3. The number of nitrogens with one attached hydrogen (secondary N) is 2. The monoisotopic (exact) mass is 365 g/mol. The van der Waals surface area contributed by atoms with Gasteiger partial charge >= 0.3 is 0 Å². The van der Waals surface area contributed by atoms with Crippen molar-refractivity contribution in [3.05, 3.63) is 60.2 Å². The fourth-order valence-corrected chi connectivity index (χ4v) is 4.27. The number of anilines is 2. The Bertz CT molecular complexity index is 772. The molecule has 0 aromatic heterocycles. The second-order valence-electron chi connectivity index (χ2n) is 7.68. The maximum Gasteiger partial charge on any atom is 0.223 e. The number of amides is 1. The lowest BCUT2D eigenvalue weighted by Gasteiger charge is -2.31. The lowest BCUT2D eigenvalue weighted by molar-refractivity contribution is -0.126. The molecule has 1 fully saturated rings. The molecule has 2 aromatic carbocycles. The van der Waals surface area contributed by atoms with Crippen molar-refractivity contribution in [2.45, 2.75) is 44.8 Å². The maximum atomic E-state index is 12.5. The Morgan fingerprint density at radius 2 is 1.74 bits per heavy atom. The summed E-state index contributed by atoms with van der Waals surface area (Å²) in [7, 11) is 0.